The maximum absolute atomic E-state index is 6.17. The van der Waals surface area contributed by atoms with Gasteiger partial charge in [-0.3, -0.25) is 0 Å². The summed E-state index contributed by atoms with van der Waals surface area (Å²) in [6.07, 6.45) is 0.964. The molecule has 3 aromatic rings. The third kappa shape index (κ3) is 5.18. The molecule has 0 atom stereocenters. The van der Waals surface area contributed by atoms with Gasteiger partial charge in [0.25, 0.3) is 0 Å². The molecule has 27 heavy (non-hydrogen) atoms. The summed E-state index contributed by atoms with van der Waals surface area (Å²) in [6, 6.07) is 16.7. The van der Waals surface area contributed by atoms with E-state index < -0.39 is 0 Å². The Kier molecular flexibility index (Phi) is 6.30. The Hall–Kier alpha value is -2.17. The summed E-state index contributed by atoms with van der Waals surface area (Å²) in [7, 11) is 1.97. The number of hydrogen-bond acceptors (Lipinski definition) is 4. The SMILES string of the molecule is CNCCc1nc(-c2ccc(OCc3ccccc3)c(C(C)(C)C)c2)cs1. The fourth-order valence-corrected chi connectivity index (χ4v) is 3.73. The second-order valence-corrected chi connectivity index (χ2v) is 8.66. The van der Waals surface area contributed by atoms with Crippen LogP contribution in [0.3, 0.4) is 0 Å². The van der Waals surface area contributed by atoms with E-state index in [9.17, 15) is 0 Å². The Morgan fingerprint density at radius 2 is 1.85 bits per heavy atom. The Morgan fingerprint density at radius 1 is 1.07 bits per heavy atom. The number of benzene rings is 2. The largest absolute Gasteiger partial charge is 0.489 e. The first-order chi connectivity index (χ1) is 13.0. The third-order valence-electron chi connectivity index (χ3n) is 4.46. The smallest absolute Gasteiger partial charge is 0.123 e. The first kappa shape index (κ1) is 19.6. The zero-order valence-corrected chi connectivity index (χ0v) is 17.4. The minimum Gasteiger partial charge on any atom is -0.489 e. The van der Waals surface area contributed by atoms with Gasteiger partial charge < -0.3 is 10.1 Å². The molecule has 4 heteroatoms. The van der Waals surface area contributed by atoms with Gasteiger partial charge in [0.05, 0.1) is 10.7 Å². The summed E-state index contributed by atoms with van der Waals surface area (Å²) in [4.78, 5) is 4.80. The Balaban J connectivity index is 1.84. The van der Waals surface area contributed by atoms with Crippen molar-refractivity contribution < 1.29 is 4.74 Å². The molecular weight excluding hydrogens is 352 g/mol. The molecule has 3 rings (SSSR count). The van der Waals surface area contributed by atoms with Gasteiger partial charge >= 0.3 is 0 Å². The van der Waals surface area contributed by atoms with Crippen molar-refractivity contribution in [2.24, 2.45) is 0 Å². The highest BCUT2D eigenvalue weighted by Gasteiger charge is 2.20. The van der Waals surface area contributed by atoms with Crippen LogP contribution in [-0.4, -0.2) is 18.6 Å². The van der Waals surface area contributed by atoms with Crippen LogP contribution in [-0.2, 0) is 18.4 Å². The molecule has 1 heterocycles. The average Bonchev–Trinajstić information content (AvgIpc) is 3.13. The Morgan fingerprint density at radius 3 is 2.56 bits per heavy atom. The third-order valence-corrected chi connectivity index (χ3v) is 5.37. The lowest BCUT2D eigenvalue weighted by molar-refractivity contribution is 0.297. The molecule has 0 aliphatic carbocycles. The zero-order valence-electron chi connectivity index (χ0n) is 16.6. The van der Waals surface area contributed by atoms with E-state index in [4.69, 9.17) is 9.72 Å². The summed E-state index contributed by atoms with van der Waals surface area (Å²) < 4.78 is 6.17. The van der Waals surface area contributed by atoms with E-state index >= 15 is 0 Å². The van der Waals surface area contributed by atoms with Crippen LogP contribution in [0, 0.1) is 0 Å². The number of aromatic nitrogens is 1. The van der Waals surface area contributed by atoms with Crippen LogP contribution in [0.15, 0.2) is 53.9 Å². The molecule has 0 bridgehead atoms. The molecule has 0 saturated carbocycles. The number of thiazole rings is 1. The quantitative estimate of drug-likeness (QED) is 0.592. The van der Waals surface area contributed by atoms with Crippen LogP contribution in [0.4, 0.5) is 0 Å². The number of nitrogens with one attached hydrogen (secondary N) is 1. The molecule has 0 radical (unpaired) electrons. The minimum absolute atomic E-state index is 0.00693. The lowest BCUT2D eigenvalue weighted by atomic mass is 9.85. The molecule has 0 amide bonds. The van der Waals surface area contributed by atoms with E-state index in [1.165, 1.54) is 16.1 Å². The second kappa shape index (κ2) is 8.68. The zero-order chi connectivity index (χ0) is 19.3. The fraction of sp³-hybridized carbons (Fsp3) is 0.348. The first-order valence-electron chi connectivity index (χ1n) is 9.38. The molecule has 0 unspecified atom stereocenters. The van der Waals surface area contributed by atoms with E-state index in [1.807, 2.05) is 25.2 Å². The minimum atomic E-state index is -0.00693. The number of nitrogens with zero attached hydrogens (tertiary/aromatic N) is 1. The van der Waals surface area contributed by atoms with E-state index in [0.29, 0.717) is 6.61 Å². The van der Waals surface area contributed by atoms with Gasteiger partial charge in [0.2, 0.25) is 0 Å². The fourth-order valence-electron chi connectivity index (χ4n) is 2.93. The molecule has 0 saturated heterocycles. The molecule has 1 aromatic heterocycles. The van der Waals surface area contributed by atoms with Crippen molar-refractivity contribution in [3.05, 3.63) is 70.0 Å². The van der Waals surface area contributed by atoms with Crippen LogP contribution in [0.25, 0.3) is 11.3 Å². The Labute approximate surface area is 166 Å². The number of likely N-dealkylation sites (N-methyl/N-ethyl adjacent to an activating group) is 1. The summed E-state index contributed by atoms with van der Waals surface area (Å²) in [5, 5.41) is 6.50. The van der Waals surface area contributed by atoms with Crippen molar-refractivity contribution in [1.82, 2.24) is 10.3 Å². The maximum Gasteiger partial charge on any atom is 0.123 e. The predicted molar refractivity (Wildman–Crippen MR) is 115 cm³/mol. The van der Waals surface area contributed by atoms with Crippen LogP contribution < -0.4 is 10.1 Å². The van der Waals surface area contributed by atoms with Gasteiger partial charge in [-0.25, -0.2) is 4.98 Å². The highest BCUT2D eigenvalue weighted by Crippen LogP contribution is 2.35. The maximum atomic E-state index is 6.17. The highest BCUT2D eigenvalue weighted by molar-refractivity contribution is 7.09. The average molecular weight is 381 g/mol. The number of hydrogen-bond donors (Lipinski definition) is 1. The molecule has 142 valence electrons. The summed E-state index contributed by atoms with van der Waals surface area (Å²) in [6.45, 7) is 8.20. The van der Waals surface area contributed by atoms with Crippen molar-refractivity contribution in [2.45, 2.75) is 39.2 Å². The van der Waals surface area contributed by atoms with E-state index in [-0.39, 0.29) is 5.41 Å². The van der Waals surface area contributed by atoms with Crippen LogP contribution in [0.1, 0.15) is 36.9 Å². The van der Waals surface area contributed by atoms with E-state index in [1.54, 1.807) is 11.3 Å². The van der Waals surface area contributed by atoms with Gasteiger partial charge in [0.1, 0.15) is 12.4 Å². The van der Waals surface area contributed by atoms with Crippen molar-refractivity contribution in [3.63, 3.8) is 0 Å². The van der Waals surface area contributed by atoms with Crippen LogP contribution >= 0.6 is 11.3 Å². The Bertz CT molecular complexity index is 866. The van der Waals surface area contributed by atoms with E-state index in [0.717, 1.165) is 30.0 Å². The first-order valence-corrected chi connectivity index (χ1v) is 10.3. The predicted octanol–water partition coefficient (Wildman–Crippen LogP) is 5.45. The lowest BCUT2D eigenvalue weighted by Crippen LogP contribution is -2.13. The van der Waals surface area contributed by atoms with Crippen LogP contribution in [0.2, 0.25) is 0 Å². The summed E-state index contributed by atoms with van der Waals surface area (Å²) in [5.41, 5.74) is 4.58. The highest BCUT2D eigenvalue weighted by atomic mass is 32.1. The van der Waals surface area contributed by atoms with Gasteiger partial charge in [-0.05, 0) is 36.2 Å². The molecule has 0 aliphatic rings. The molecule has 0 spiro atoms. The number of rotatable bonds is 7. The molecular formula is C23H28N2OS. The van der Waals surface area contributed by atoms with Gasteiger partial charge in [0, 0.05) is 29.5 Å². The molecule has 0 aliphatic heterocycles. The topological polar surface area (TPSA) is 34.2 Å². The van der Waals surface area contributed by atoms with Crippen molar-refractivity contribution in [1.29, 1.82) is 0 Å². The normalized spacial score (nSPS) is 11.6. The van der Waals surface area contributed by atoms with Crippen molar-refractivity contribution >= 4 is 11.3 Å². The van der Waals surface area contributed by atoms with Gasteiger partial charge in [0.15, 0.2) is 0 Å². The number of ether oxygens (including phenoxy) is 1. The van der Waals surface area contributed by atoms with Crippen molar-refractivity contribution in [2.75, 3.05) is 13.6 Å². The molecule has 2 aromatic carbocycles. The molecule has 3 nitrogen and oxygen atoms in total. The van der Waals surface area contributed by atoms with Gasteiger partial charge in [-0.15, -0.1) is 11.3 Å². The second-order valence-electron chi connectivity index (χ2n) is 7.72. The molecule has 1 N–H and O–H groups in total. The lowest BCUT2D eigenvalue weighted by Gasteiger charge is -2.23. The van der Waals surface area contributed by atoms with Gasteiger partial charge in [-0.1, -0.05) is 51.1 Å². The monoisotopic (exact) mass is 380 g/mol. The summed E-state index contributed by atoms with van der Waals surface area (Å²) >= 11 is 1.73. The molecule has 0 fully saturated rings. The standard InChI is InChI=1S/C23H28N2OS/c1-23(2,3)19-14-18(20-16-27-22(25-20)12-13-24-4)10-11-21(19)26-15-17-8-6-5-7-9-17/h5-11,14,16,24H,12-13,15H2,1-4H3. The van der Waals surface area contributed by atoms with Crippen molar-refractivity contribution in [3.8, 4) is 17.0 Å². The van der Waals surface area contributed by atoms with Gasteiger partial charge in [-0.2, -0.15) is 0 Å². The summed E-state index contributed by atoms with van der Waals surface area (Å²) in [5.74, 6) is 0.945. The van der Waals surface area contributed by atoms with E-state index in [2.05, 4.69) is 61.8 Å². The van der Waals surface area contributed by atoms with Crippen LogP contribution in [0.5, 0.6) is 5.75 Å².